The molecule has 0 bridgehead atoms. The lowest BCUT2D eigenvalue weighted by Crippen LogP contribution is -2.33. The van der Waals surface area contributed by atoms with E-state index in [0.717, 1.165) is 30.4 Å². The number of carbonyl (C=O) groups is 1. The van der Waals surface area contributed by atoms with E-state index in [1.54, 1.807) is 0 Å². The standard InChI is InChI=1S/C16H17NOS/c1-11-9-14(4-3-13(11)10-18)17-7-5-16-15(12(17)2)6-8-19-16/h3-4,6,8-10,12H,5,7H2,1-2H3. The highest BCUT2D eigenvalue weighted by molar-refractivity contribution is 7.10. The highest BCUT2D eigenvalue weighted by Gasteiger charge is 2.24. The number of aldehydes is 1. The number of hydrogen-bond acceptors (Lipinski definition) is 3. The van der Waals surface area contributed by atoms with Crippen molar-refractivity contribution >= 4 is 23.3 Å². The molecule has 2 aromatic rings. The summed E-state index contributed by atoms with van der Waals surface area (Å²) in [4.78, 5) is 14.8. The molecule has 1 aromatic heterocycles. The average Bonchev–Trinajstić information content (AvgIpc) is 2.88. The number of aryl methyl sites for hydroxylation is 1. The third kappa shape index (κ3) is 2.08. The maximum Gasteiger partial charge on any atom is 0.150 e. The minimum Gasteiger partial charge on any atom is -0.364 e. The summed E-state index contributed by atoms with van der Waals surface area (Å²) >= 11 is 1.86. The van der Waals surface area contributed by atoms with E-state index < -0.39 is 0 Å². The molecule has 19 heavy (non-hydrogen) atoms. The van der Waals surface area contributed by atoms with Gasteiger partial charge in [0.15, 0.2) is 0 Å². The summed E-state index contributed by atoms with van der Waals surface area (Å²) in [5.74, 6) is 0. The number of thiophene rings is 1. The third-order valence-corrected chi connectivity index (χ3v) is 4.99. The fraction of sp³-hybridized carbons (Fsp3) is 0.312. The minimum atomic E-state index is 0.413. The van der Waals surface area contributed by atoms with E-state index in [4.69, 9.17) is 0 Å². The van der Waals surface area contributed by atoms with Gasteiger partial charge >= 0.3 is 0 Å². The lowest BCUT2D eigenvalue weighted by Gasteiger charge is -2.35. The second kappa shape index (κ2) is 4.82. The van der Waals surface area contributed by atoms with Crippen LogP contribution in [0.2, 0.25) is 0 Å². The molecule has 1 aliphatic heterocycles. The number of carbonyl (C=O) groups excluding carboxylic acids is 1. The first-order chi connectivity index (χ1) is 9.20. The first-order valence-electron chi connectivity index (χ1n) is 6.59. The van der Waals surface area contributed by atoms with Crippen molar-refractivity contribution < 1.29 is 4.79 Å². The van der Waals surface area contributed by atoms with Crippen molar-refractivity contribution in [1.82, 2.24) is 0 Å². The summed E-state index contributed by atoms with van der Waals surface area (Å²) in [5.41, 5.74) is 4.50. The van der Waals surface area contributed by atoms with Gasteiger partial charge < -0.3 is 4.90 Å². The average molecular weight is 271 g/mol. The number of rotatable bonds is 2. The molecule has 0 amide bonds. The van der Waals surface area contributed by atoms with E-state index in [0.29, 0.717) is 6.04 Å². The second-order valence-corrected chi connectivity index (χ2v) is 6.08. The zero-order valence-electron chi connectivity index (χ0n) is 11.2. The summed E-state index contributed by atoms with van der Waals surface area (Å²) in [7, 11) is 0. The van der Waals surface area contributed by atoms with Gasteiger partial charge in [-0.2, -0.15) is 0 Å². The molecule has 0 radical (unpaired) electrons. The third-order valence-electron chi connectivity index (χ3n) is 3.99. The smallest absolute Gasteiger partial charge is 0.150 e. The van der Waals surface area contributed by atoms with Crippen molar-refractivity contribution in [3.63, 3.8) is 0 Å². The molecule has 2 heterocycles. The van der Waals surface area contributed by atoms with Crippen LogP contribution in [0.3, 0.4) is 0 Å². The Morgan fingerprint density at radius 2 is 2.21 bits per heavy atom. The number of fused-ring (bicyclic) bond motifs is 1. The Morgan fingerprint density at radius 1 is 1.37 bits per heavy atom. The topological polar surface area (TPSA) is 20.3 Å². The molecule has 1 atom stereocenters. The number of anilines is 1. The number of nitrogens with zero attached hydrogens (tertiary/aromatic N) is 1. The van der Waals surface area contributed by atoms with Crippen LogP contribution in [-0.4, -0.2) is 12.8 Å². The molecule has 0 saturated heterocycles. The van der Waals surface area contributed by atoms with E-state index in [2.05, 4.69) is 35.4 Å². The normalized spacial score (nSPS) is 18.2. The second-order valence-electron chi connectivity index (χ2n) is 5.08. The highest BCUT2D eigenvalue weighted by atomic mass is 32.1. The Kier molecular flexibility index (Phi) is 3.15. The van der Waals surface area contributed by atoms with Crippen LogP contribution in [0.1, 0.15) is 39.3 Å². The van der Waals surface area contributed by atoms with Gasteiger partial charge in [-0.1, -0.05) is 0 Å². The summed E-state index contributed by atoms with van der Waals surface area (Å²) < 4.78 is 0. The van der Waals surface area contributed by atoms with E-state index in [9.17, 15) is 4.79 Å². The van der Waals surface area contributed by atoms with E-state index in [-0.39, 0.29) is 0 Å². The Labute approximate surface area is 117 Å². The van der Waals surface area contributed by atoms with Gasteiger partial charge in [0.2, 0.25) is 0 Å². The van der Waals surface area contributed by atoms with Crippen molar-refractivity contribution in [2.45, 2.75) is 26.3 Å². The molecular formula is C16H17NOS. The van der Waals surface area contributed by atoms with Gasteiger partial charge in [0.05, 0.1) is 6.04 Å². The molecule has 0 aliphatic carbocycles. The van der Waals surface area contributed by atoms with E-state index in [1.165, 1.54) is 16.1 Å². The van der Waals surface area contributed by atoms with Gasteiger partial charge in [-0.3, -0.25) is 4.79 Å². The fourth-order valence-corrected chi connectivity index (χ4v) is 3.80. The fourth-order valence-electron chi connectivity index (χ4n) is 2.83. The predicted molar refractivity (Wildman–Crippen MR) is 80.4 cm³/mol. The van der Waals surface area contributed by atoms with Crippen LogP contribution in [-0.2, 0) is 6.42 Å². The maximum absolute atomic E-state index is 10.9. The monoisotopic (exact) mass is 271 g/mol. The van der Waals surface area contributed by atoms with E-state index >= 15 is 0 Å². The molecule has 0 fully saturated rings. The predicted octanol–water partition coefficient (Wildman–Crippen LogP) is 3.99. The van der Waals surface area contributed by atoms with Gasteiger partial charge in [0.1, 0.15) is 6.29 Å². The van der Waals surface area contributed by atoms with Crippen molar-refractivity contribution in [2.24, 2.45) is 0 Å². The molecular weight excluding hydrogens is 254 g/mol. The Balaban J connectivity index is 1.95. The van der Waals surface area contributed by atoms with Crippen LogP contribution < -0.4 is 4.90 Å². The lowest BCUT2D eigenvalue weighted by atomic mass is 9.99. The quantitative estimate of drug-likeness (QED) is 0.770. The van der Waals surface area contributed by atoms with E-state index in [1.807, 2.05) is 24.3 Å². The Bertz CT molecular complexity index is 617. The van der Waals surface area contributed by atoms with Crippen LogP contribution in [0.15, 0.2) is 29.6 Å². The van der Waals surface area contributed by atoms with Crippen molar-refractivity contribution in [1.29, 1.82) is 0 Å². The highest BCUT2D eigenvalue weighted by Crippen LogP contribution is 2.36. The molecule has 2 nitrogen and oxygen atoms in total. The zero-order chi connectivity index (χ0) is 13.4. The zero-order valence-corrected chi connectivity index (χ0v) is 12.0. The first kappa shape index (κ1) is 12.4. The molecule has 0 spiro atoms. The van der Waals surface area contributed by atoms with Crippen LogP contribution in [0.5, 0.6) is 0 Å². The Morgan fingerprint density at radius 3 is 2.95 bits per heavy atom. The van der Waals surface area contributed by atoms with Crippen LogP contribution in [0.4, 0.5) is 5.69 Å². The van der Waals surface area contributed by atoms with Crippen LogP contribution in [0.25, 0.3) is 0 Å². The summed E-state index contributed by atoms with van der Waals surface area (Å²) in [6.45, 7) is 5.31. The van der Waals surface area contributed by atoms with Crippen LogP contribution in [0, 0.1) is 6.92 Å². The molecule has 3 rings (SSSR count). The molecule has 3 heteroatoms. The summed E-state index contributed by atoms with van der Waals surface area (Å²) in [5, 5.41) is 2.19. The summed E-state index contributed by atoms with van der Waals surface area (Å²) in [6.07, 6.45) is 2.04. The van der Waals surface area contributed by atoms with Crippen molar-refractivity contribution in [3.05, 3.63) is 51.2 Å². The van der Waals surface area contributed by atoms with Gasteiger partial charge in [-0.15, -0.1) is 11.3 Å². The maximum atomic E-state index is 10.9. The minimum absolute atomic E-state index is 0.413. The molecule has 0 saturated carbocycles. The van der Waals surface area contributed by atoms with Gasteiger partial charge in [-0.25, -0.2) is 0 Å². The molecule has 98 valence electrons. The van der Waals surface area contributed by atoms with Gasteiger partial charge in [0.25, 0.3) is 0 Å². The lowest BCUT2D eigenvalue weighted by molar-refractivity contribution is 0.112. The number of benzene rings is 1. The largest absolute Gasteiger partial charge is 0.364 e. The summed E-state index contributed by atoms with van der Waals surface area (Å²) in [6, 6.07) is 8.76. The van der Waals surface area contributed by atoms with Crippen molar-refractivity contribution in [2.75, 3.05) is 11.4 Å². The molecule has 1 aromatic carbocycles. The SMILES string of the molecule is Cc1cc(N2CCc3sccc3C2C)ccc1C=O. The van der Waals surface area contributed by atoms with Gasteiger partial charge in [-0.05, 0) is 61.0 Å². The van der Waals surface area contributed by atoms with Gasteiger partial charge in [0, 0.05) is 22.7 Å². The molecule has 1 aliphatic rings. The number of hydrogen-bond donors (Lipinski definition) is 0. The van der Waals surface area contributed by atoms with Crippen molar-refractivity contribution in [3.8, 4) is 0 Å². The molecule has 1 unspecified atom stereocenters. The molecule has 0 N–H and O–H groups in total. The Hall–Kier alpha value is -1.61. The first-order valence-corrected chi connectivity index (χ1v) is 7.47. The van der Waals surface area contributed by atoms with Crippen LogP contribution >= 0.6 is 11.3 Å².